The predicted molar refractivity (Wildman–Crippen MR) is 148 cm³/mol. The number of para-hydroxylation sites is 1. The molecule has 0 aliphatic carbocycles. The molecule has 1 saturated heterocycles. The van der Waals surface area contributed by atoms with Crippen LogP contribution in [0.3, 0.4) is 0 Å². The van der Waals surface area contributed by atoms with Crippen LogP contribution in [0.2, 0.25) is 0 Å². The Morgan fingerprint density at radius 2 is 1.82 bits per heavy atom. The number of rotatable bonds is 10. The highest BCUT2D eigenvalue weighted by atomic mass is 16.6. The van der Waals surface area contributed by atoms with Crippen molar-refractivity contribution in [3.63, 3.8) is 0 Å². The average molecular weight is 519 g/mol. The summed E-state index contributed by atoms with van der Waals surface area (Å²) in [6.45, 7) is 8.04. The van der Waals surface area contributed by atoms with Crippen LogP contribution >= 0.6 is 0 Å². The van der Waals surface area contributed by atoms with Crippen molar-refractivity contribution in [1.29, 1.82) is 5.26 Å². The van der Waals surface area contributed by atoms with Crippen LogP contribution in [0.15, 0.2) is 73.3 Å². The van der Waals surface area contributed by atoms with Crippen LogP contribution in [-0.4, -0.2) is 60.3 Å². The van der Waals surface area contributed by atoms with Crippen LogP contribution < -0.4 is 5.32 Å². The summed E-state index contributed by atoms with van der Waals surface area (Å²) in [5.74, 6) is -0.576. The molecule has 8 heteroatoms. The topological polar surface area (TPSA) is 103 Å². The Bertz CT molecular complexity index is 1070. The minimum atomic E-state index is -0.799. The van der Waals surface area contributed by atoms with Gasteiger partial charge < -0.3 is 19.7 Å². The molecule has 38 heavy (non-hydrogen) atoms. The zero-order valence-electron chi connectivity index (χ0n) is 22.5. The van der Waals surface area contributed by atoms with E-state index < -0.39 is 18.2 Å². The summed E-state index contributed by atoms with van der Waals surface area (Å²) in [7, 11) is 1.91. The van der Waals surface area contributed by atoms with Crippen molar-refractivity contribution in [2.24, 2.45) is 11.8 Å². The smallest absolute Gasteiger partial charge is 0.411 e. The van der Waals surface area contributed by atoms with Gasteiger partial charge in [0.15, 0.2) is 0 Å². The Hall–Kier alpha value is -4.12. The van der Waals surface area contributed by atoms with E-state index in [9.17, 15) is 19.6 Å². The number of benzene rings is 2. The molecule has 3 atom stereocenters. The highest BCUT2D eigenvalue weighted by molar-refractivity contribution is 5.87. The monoisotopic (exact) mass is 518 g/mol. The highest BCUT2D eigenvalue weighted by Gasteiger charge is 2.41. The number of aldehydes is 1. The lowest BCUT2D eigenvalue weighted by molar-refractivity contribution is -0.137. The zero-order chi connectivity index (χ0) is 27.9. The fourth-order valence-corrected chi connectivity index (χ4v) is 4.21. The number of carbonyl (C=O) groups is 3. The normalized spacial score (nSPS) is 16.9. The fourth-order valence-electron chi connectivity index (χ4n) is 4.21. The molecule has 0 spiro atoms. The minimum Gasteiger partial charge on any atom is -0.445 e. The van der Waals surface area contributed by atoms with Gasteiger partial charge in [0, 0.05) is 31.7 Å². The van der Waals surface area contributed by atoms with Gasteiger partial charge in [0.25, 0.3) is 0 Å². The Morgan fingerprint density at radius 1 is 1.18 bits per heavy atom. The van der Waals surface area contributed by atoms with Crippen LogP contribution in [0.4, 0.5) is 10.5 Å². The molecule has 2 amide bonds. The number of ether oxygens (including phenoxy) is 1. The summed E-state index contributed by atoms with van der Waals surface area (Å²) in [6.07, 6.45) is 2.44. The van der Waals surface area contributed by atoms with Crippen molar-refractivity contribution in [2.75, 3.05) is 25.5 Å². The van der Waals surface area contributed by atoms with Gasteiger partial charge in [-0.15, -0.1) is 6.58 Å². The molecule has 1 fully saturated rings. The van der Waals surface area contributed by atoms with Crippen LogP contribution in [0.5, 0.6) is 0 Å². The van der Waals surface area contributed by atoms with Gasteiger partial charge in [-0.3, -0.25) is 9.69 Å². The Labute approximate surface area is 225 Å². The van der Waals surface area contributed by atoms with Gasteiger partial charge in [-0.1, -0.05) is 68.5 Å². The molecule has 3 rings (SSSR count). The largest absolute Gasteiger partial charge is 0.445 e. The summed E-state index contributed by atoms with van der Waals surface area (Å²) < 4.78 is 5.46. The molecule has 0 bridgehead atoms. The minimum absolute atomic E-state index is 0.0909. The molecule has 1 aliphatic rings. The number of carbonyl (C=O) groups excluding carboxylic acids is 3. The van der Waals surface area contributed by atoms with E-state index in [1.54, 1.807) is 6.08 Å². The van der Waals surface area contributed by atoms with E-state index >= 15 is 0 Å². The van der Waals surface area contributed by atoms with Crippen LogP contribution in [0.1, 0.15) is 32.3 Å². The molecule has 2 aromatic rings. The first-order valence-electron chi connectivity index (χ1n) is 12.8. The molecule has 1 N–H and O–H groups in total. The van der Waals surface area contributed by atoms with Crippen LogP contribution in [0, 0.1) is 23.2 Å². The Morgan fingerprint density at radius 3 is 2.32 bits per heavy atom. The number of likely N-dealkylation sites (tertiary alicyclic amines) is 1. The number of nitrogens with zero attached hydrogens (tertiary/aromatic N) is 3. The Balaban J connectivity index is 0.000000538. The molecular formula is C30H38N4O4. The molecule has 2 aromatic carbocycles. The Kier molecular flexibility index (Phi) is 12.6. The van der Waals surface area contributed by atoms with Gasteiger partial charge >= 0.3 is 6.09 Å². The van der Waals surface area contributed by atoms with Crippen molar-refractivity contribution in [3.8, 4) is 6.07 Å². The second-order valence-electron chi connectivity index (χ2n) is 9.51. The highest BCUT2D eigenvalue weighted by Crippen LogP contribution is 2.25. The number of amides is 2. The van der Waals surface area contributed by atoms with Crippen molar-refractivity contribution in [1.82, 2.24) is 9.80 Å². The lowest BCUT2D eigenvalue weighted by atomic mass is 10.0. The van der Waals surface area contributed by atoms with Gasteiger partial charge in [-0.2, -0.15) is 5.26 Å². The first-order valence-corrected chi connectivity index (χ1v) is 12.8. The molecule has 1 aliphatic heterocycles. The molecule has 3 unspecified atom stereocenters. The van der Waals surface area contributed by atoms with E-state index in [0.29, 0.717) is 12.8 Å². The van der Waals surface area contributed by atoms with Crippen molar-refractivity contribution < 1.29 is 19.1 Å². The lowest BCUT2D eigenvalue weighted by Gasteiger charge is -2.34. The molecule has 202 valence electrons. The first-order chi connectivity index (χ1) is 18.3. The zero-order valence-corrected chi connectivity index (χ0v) is 22.5. The first kappa shape index (κ1) is 30.1. The molecule has 8 nitrogen and oxygen atoms in total. The SMILES string of the molecule is C=CCN(C(=O)OCc1ccccc1)C(CC(C)C)C(=O)N1CC(C=O)CC1C#N.CNc1ccccc1. The number of nitriles is 1. The molecule has 0 saturated carbocycles. The number of hydrogen-bond donors (Lipinski definition) is 1. The maximum atomic E-state index is 13.4. The molecular weight excluding hydrogens is 480 g/mol. The fraction of sp³-hybridized carbons (Fsp3) is 0.400. The number of nitrogens with one attached hydrogen (secondary N) is 1. The van der Waals surface area contributed by atoms with E-state index in [-0.39, 0.29) is 37.4 Å². The van der Waals surface area contributed by atoms with E-state index in [1.165, 1.54) is 9.80 Å². The van der Waals surface area contributed by atoms with E-state index in [4.69, 9.17) is 4.74 Å². The van der Waals surface area contributed by atoms with Crippen LogP contribution in [-0.2, 0) is 20.9 Å². The van der Waals surface area contributed by atoms with Crippen molar-refractivity contribution in [2.45, 2.75) is 45.4 Å². The van der Waals surface area contributed by atoms with Gasteiger partial charge in [0.2, 0.25) is 5.91 Å². The van der Waals surface area contributed by atoms with E-state index in [1.807, 2.05) is 81.6 Å². The predicted octanol–water partition coefficient (Wildman–Crippen LogP) is 4.89. The van der Waals surface area contributed by atoms with Gasteiger partial charge in [0.05, 0.1) is 6.07 Å². The summed E-state index contributed by atoms with van der Waals surface area (Å²) in [6, 6.07) is 20.0. The van der Waals surface area contributed by atoms with Gasteiger partial charge in [-0.25, -0.2) is 4.79 Å². The number of hydrogen-bond acceptors (Lipinski definition) is 6. The number of anilines is 1. The average Bonchev–Trinajstić information content (AvgIpc) is 3.38. The molecule has 1 heterocycles. The summed E-state index contributed by atoms with van der Waals surface area (Å²) >= 11 is 0. The van der Waals surface area contributed by atoms with E-state index in [2.05, 4.69) is 18.0 Å². The lowest BCUT2D eigenvalue weighted by Crippen LogP contribution is -2.52. The van der Waals surface area contributed by atoms with Gasteiger partial charge in [-0.05, 0) is 36.5 Å². The van der Waals surface area contributed by atoms with E-state index in [0.717, 1.165) is 17.5 Å². The maximum Gasteiger partial charge on any atom is 0.411 e. The standard InChI is InChI=1S/C23H29N3O4.C7H9N/c1-4-10-25(23(29)30-16-18-8-6-5-7-9-18)21(11-17(2)3)22(28)26-14-19(15-27)12-20(26)13-24;1-8-7-5-3-2-4-6-7/h4-9,15,17,19-21H,1,10-12,14,16H2,2-3H3;2-6,8H,1H3. The van der Waals surface area contributed by atoms with Crippen LogP contribution in [0.25, 0.3) is 0 Å². The van der Waals surface area contributed by atoms with Crippen molar-refractivity contribution in [3.05, 3.63) is 78.9 Å². The van der Waals surface area contributed by atoms with Crippen molar-refractivity contribution >= 4 is 24.0 Å². The summed E-state index contributed by atoms with van der Waals surface area (Å²) in [4.78, 5) is 40.3. The second kappa shape index (κ2) is 15.9. The second-order valence-corrected chi connectivity index (χ2v) is 9.51. The summed E-state index contributed by atoms with van der Waals surface area (Å²) in [5, 5.41) is 12.5. The quantitative estimate of drug-likeness (QED) is 0.355. The third-order valence-corrected chi connectivity index (χ3v) is 6.14. The molecule has 0 aromatic heterocycles. The summed E-state index contributed by atoms with van der Waals surface area (Å²) in [5.41, 5.74) is 2.00. The maximum absolute atomic E-state index is 13.4. The van der Waals surface area contributed by atoms with Gasteiger partial charge in [0.1, 0.15) is 25.0 Å². The third-order valence-electron chi connectivity index (χ3n) is 6.14. The molecule has 0 radical (unpaired) electrons. The third kappa shape index (κ3) is 9.07.